The van der Waals surface area contributed by atoms with Gasteiger partial charge in [-0.25, -0.2) is 0 Å². The Morgan fingerprint density at radius 3 is 2.09 bits per heavy atom. The van der Waals surface area contributed by atoms with Gasteiger partial charge in [-0.05, 0) is 47.4 Å². The van der Waals surface area contributed by atoms with E-state index in [2.05, 4.69) is 64.1 Å². The maximum absolute atomic E-state index is 5.86. The molecule has 1 unspecified atom stereocenters. The highest BCUT2D eigenvalue weighted by atomic mass is 16.5. The van der Waals surface area contributed by atoms with Gasteiger partial charge in [0, 0.05) is 0 Å². The monoisotopic (exact) mass is 296 g/mol. The molecule has 2 rings (SSSR count). The SMILES string of the molecule is CCC(CC(C)(C)C)c1ccc(OCc2ccccc2)cc1. The molecule has 1 heteroatoms. The molecule has 0 saturated carbocycles. The summed E-state index contributed by atoms with van der Waals surface area (Å²) >= 11 is 0. The molecule has 0 aromatic heterocycles. The van der Waals surface area contributed by atoms with Crippen molar-refractivity contribution in [2.75, 3.05) is 0 Å². The molecule has 0 spiro atoms. The quantitative estimate of drug-likeness (QED) is 0.617. The highest BCUT2D eigenvalue weighted by Gasteiger charge is 2.18. The van der Waals surface area contributed by atoms with Crippen molar-refractivity contribution in [1.82, 2.24) is 0 Å². The Kier molecular flexibility index (Phi) is 5.65. The van der Waals surface area contributed by atoms with Crippen molar-refractivity contribution in [1.29, 1.82) is 0 Å². The van der Waals surface area contributed by atoms with E-state index < -0.39 is 0 Å². The van der Waals surface area contributed by atoms with Gasteiger partial charge in [-0.15, -0.1) is 0 Å². The summed E-state index contributed by atoms with van der Waals surface area (Å²) in [6.07, 6.45) is 2.40. The molecule has 0 aliphatic carbocycles. The highest BCUT2D eigenvalue weighted by Crippen LogP contribution is 2.34. The van der Waals surface area contributed by atoms with E-state index in [-0.39, 0.29) is 0 Å². The summed E-state index contributed by atoms with van der Waals surface area (Å²) in [7, 11) is 0. The first-order valence-corrected chi connectivity index (χ1v) is 8.24. The lowest BCUT2D eigenvalue weighted by Gasteiger charge is -2.25. The molecule has 1 nitrogen and oxygen atoms in total. The lowest BCUT2D eigenvalue weighted by atomic mass is 9.80. The molecular formula is C21H28O. The molecule has 0 radical (unpaired) electrons. The molecule has 0 N–H and O–H groups in total. The van der Waals surface area contributed by atoms with Crippen LogP contribution in [0.1, 0.15) is 57.6 Å². The Bertz CT molecular complexity index is 549. The van der Waals surface area contributed by atoms with Crippen molar-refractivity contribution in [3.05, 3.63) is 65.7 Å². The van der Waals surface area contributed by atoms with Gasteiger partial charge in [0.15, 0.2) is 0 Å². The minimum atomic E-state index is 0.364. The summed E-state index contributed by atoms with van der Waals surface area (Å²) < 4.78 is 5.86. The van der Waals surface area contributed by atoms with Crippen LogP contribution >= 0.6 is 0 Å². The topological polar surface area (TPSA) is 9.23 Å². The first-order chi connectivity index (χ1) is 10.5. The van der Waals surface area contributed by atoms with Gasteiger partial charge in [-0.1, -0.05) is 70.2 Å². The van der Waals surface area contributed by atoms with E-state index in [4.69, 9.17) is 4.74 Å². The van der Waals surface area contributed by atoms with Crippen LogP contribution in [0.3, 0.4) is 0 Å². The normalized spacial score (nSPS) is 12.9. The van der Waals surface area contributed by atoms with Gasteiger partial charge < -0.3 is 4.74 Å². The zero-order valence-corrected chi connectivity index (χ0v) is 14.3. The van der Waals surface area contributed by atoms with Gasteiger partial charge >= 0.3 is 0 Å². The lowest BCUT2D eigenvalue weighted by molar-refractivity contribution is 0.305. The summed E-state index contributed by atoms with van der Waals surface area (Å²) in [6, 6.07) is 18.9. The number of benzene rings is 2. The van der Waals surface area contributed by atoms with Gasteiger partial charge in [0.1, 0.15) is 12.4 Å². The summed E-state index contributed by atoms with van der Waals surface area (Å²) in [4.78, 5) is 0. The summed E-state index contributed by atoms with van der Waals surface area (Å²) in [5.74, 6) is 1.57. The molecule has 1 atom stereocenters. The van der Waals surface area contributed by atoms with Crippen LogP contribution in [0.4, 0.5) is 0 Å². The van der Waals surface area contributed by atoms with E-state index in [1.165, 1.54) is 24.0 Å². The van der Waals surface area contributed by atoms with E-state index in [0.717, 1.165) is 5.75 Å². The minimum absolute atomic E-state index is 0.364. The summed E-state index contributed by atoms with van der Waals surface area (Å²) in [5.41, 5.74) is 2.98. The van der Waals surface area contributed by atoms with Crippen molar-refractivity contribution in [2.45, 2.75) is 53.1 Å². The smallest absolute Gasteiger partial charge is 0.119 e. The van der Waals surface area contributed by atoms with Crippen LogP contribution in [0, 0.1) is 5.41 Å². The van der Waals surface area contributed by atoms with Crippen LogP contribution in [0.15, 0.2) is 54.6 Å². The molecule has 2 aromatic rings. The summed E-state index contributed by atoms with van der Waals surface area (Å²) in [6.45, 7) is 9.84. The molecule has 0 aliphatic rings. The van der Waals surface area contributed by atoms with Gasteiger partial charge in [-0.3, -0.25) is 0 Å². The van der Waals surface area contributed by atoms with Crippen LogP contribution < -0.4 is 4.74 Å². The number of rotatable bonds is 6. The van der Waals surface area contributed by atoms with Crippen molar-refractivity contribution >= 4 is 0 Å². The van der Waals surface area contributed by atoms with E-state index in [1.807, 2.05) is 18.2 Å². The molecule has 0 fully saturated rings. The second-order valence-electron chi connectivity index (χ2n) is 7.21. The zero-order chi connectivity index (χ0) is 16.0. The summed E-state index contributed by atoms with van der Waals surface area (Å²) in [5, 5.41) is 0. The highest BCUT2D eigenvalue weighted by molar-refractivity contribution is 5.30. The van der Waals surface area contributed by atoms with Crippen molar-refractivity contribution in [3.63, 3.8) is 0 Å². The van der Waals surface area contributed by atoms with Crippen molar-refractivity contribution < 1.29 is 4.74 Å². The van der Waals surface area contributed by atoms with Gasteiger partial charge in [0.25, 0.3) is 0 Å². The van der Waals surface area contributed by atoms with E-state index in [0.29, 0.717) is 17.9 Å². The fourth-order valence-electron chi connectivity index (χ4n) is 2.81. The van der Waals surface area contributed by atoms with E-state index >= 15 is 0 Å². The molecule has 0 amide bonds. The molecular weight excluding hydrogens is 268 g/mol. The minimum Gasteiger partial charge on any atom is -0.489 e. The molecule has 118 valence electrons. The van der Waals surface area contributed by atoms with Crippen molar-refractivity contribution in [3.8, 4) is 5.75 Å². The molecule has 0 bridgehead atoms. The molecule has 2 aromatic carbocycles. The first-order valence-electron chi connectivity index (χ1n) is 8.24. The fraction of sp³-hybridized carbons (Fsp3) is 0.429. The van der Waals surface area contributed by atoms with Crippen LogP contribution in [0.5, 0.6) is 5.75 Å². The zero-order valence-electron chi connectivity index (χ0n) is 14.3. The van der Waals surface area contributed by atoms with Crippen LogP contribution in [0.2, 0.25) is 0 Å². The van der Waals surface area contributed by atoms with E-state index in [1.54, 1.807) is 0 Å². The number of hydrogen-bond donors (Lipinski definition) is 0. The first kappa shape index (κ1) is 16.6. The van der Waals surface area contributed by atoms with Crippen LogP contribution in [-0.4, -0.2) is 0 Å². The second kappa shape index (κ2) is 7.49. The number of hydrogen-bond acceptors (Lipinski definition) is 1. The van der Waals surface area contributed by atoms with Crippen LogP contribution in [-0.2, 0) is 6.61 Å². The predicted molar refractivity (Wildman–Crippen MR) is 94.3 cm³/mol. The maximum Gasteiger partial charge on any atom is 0.119 e. The molecule has 0 heterocycles. The van der Waals surface area contributed by atoms with Gasteiger partial charge in [-0.2, -0.15) is 0 Å². The maximum atomic E-state index is 5.86. The largest absolute Gasteiger partial charge is 0.489 e. The van der Waals surface area contributed by atoms with Gasteiger partial charge in [0.05, 0.1) is 0 Å². The Hall–Kier alpha value is -1.76. The van der Waals surface area contributed by atoms with Crippen LogP contribution in [0.25, 0.3) is 0 Å². The Morgan fingerprint density at radius 2 is 1.55 bits per heavy atom. The molecule has 0 saturated heterocycles. The Labute approximate surface area is 135 Å². The predicted octanol–water partition coefficient (Wildman–Crippen LogP) is 6.20. The second-order valence-corrected chi connectivity index (χ2v) is 7.21. The van der Waals surface area contributed by atoms with Crippen molar-refractivity contribution in [2.24, 2.45) is 5.41 Å². The lowest BCUT2D eigenvalue weighted by Crippen LogP contribution is -2.11. The average molecular weight is 296 g/mol. The Balaban J connectivity index is 1.97. The third kappa shape index (κ3) is 5.22. The average Bonchev–Trinajstić information content (AvgIpc) is 2.51. The standard InChI is InChI=1S/C21H28O/c1-5-18(15-21(2,3)4)19-11-13-20(14-12-19)22-16-17-9-7-6-8-10-17/h6-14,18H,5,15-16H2,1-4H3. The molecule has 22 heavy (non-hydrogen) atoms. The third-order valence-electron chi connectivity index (χ3n) is 3.95. The van der Waals surface area contributed by atoms with Gasteiger partial charge in [0.2, 0.25) is 0 Å². The van der Waals surface area contributed by atoms with E-state index in [9.17, 15) is 0 Å². The molecule has 0 aliphatic heterocycles. The fourth-order valence-corrected chi connectivity index (χ4v) is 2.81. The Morgan fingerprint density at radius 1 is 0.909 bits per heavy atom. The third-order valence-corrected chi connectivity index (χ3v) is 3.95. The number of ether oxygens (including phenoxy) is 1.